The highest BCUT2D eigenvalue weighted by molar-refractivity contribution is 7.98. The van der Waals surface area contributed by atoms with E-state index in [9.17, 15) is 17.6 Å². The van der Waals surface area contributed by atoms with Gasteiger partial charge in [0, 0.05) is 10.6 Å². The van der Waals surface area contributed by atoms with Crippen molar-refractivity contribution in [1.29, 1.82) is 0 Å². The molecule has 1 N–H and O–H groups in total. The molecule has 9 heteroatoms. The van der Waals surface area contributed by atoms with Crippen LogP contribution in [0.2, 0.25) is 0 Å². The Labute approximate surface area is 185 Å². The molecular weight excluding hydrogens is 439 g/mol. The van der Waals surface area contributed by atoms with Crippen LogP contribution >= 0.6 is 11.8 Å². The number of ether oxygens (including phenoxy) is 1. The number of carbonyl (C=O) groups excluding carboxylic acids is 1. The van der Waals surface area contributed by atoms with Crippen molar-refractivity contribution in [2.75, 3.05) is 29.5 Å². The highest BCUT2D eigenvalue weighted by Gasteiger charge is 2.27. The predicted octanol–water partition coefficient (Wildman–Crippen LogP) is 4.39. The molecule has 0 saturated carbocycles. The van der Waals surface area contributed by atoms with Crippen LogP contribution in [0.4, 0.5) is 15.8 Å². The van der Waals surface area contributed by atoms with Crippen molar-refractivity contribution in [3.8, 4) is 5.75 Å². The van der Waals surface area contributed by atoms with Crippen LogP contribution in [0.25, 0.3) is 0 Å². The molecule has 0 heterocycles. The number of methoxy groups -OCH3 is 1. The summed E-state index contributed by atoms with van der Waals surface area (Å²) in [6, 6.07) is 18.0. The Morgan fingerprint density at radius 3 is 2.32 bits per heavy atom. The summed E-state index contributed by atoms with van der Waals surface area (Å²) in [5.74, 6) is -0.555. The molecular formula is C22H21FN2O4S2. The molecule has 0 atom stereocenters. The lowest BCUT2D eigenvalue weighted by Gasteiger charge is -2.24. The normalized spacial score (nSPS) is 11.1. The van der Waals surface area contributed by atoms with E-state index in [1.165, 1.54) is 49.2 Å². The average molecular weight is 461 g/mol. The van der Waals surface area contributed by atoms with Crippen LogP contribution in [-0.2, 0) is 14.8 Å². The Morgan fingerprint density at radius 1 is 1.06 bits per heavy atom. The van der Waals surface area contributed by atoms with E-state index in [-0.39, 0.29) is 10.6 Å². The van der Waals surface area contributed by atoms with E-state index in [1.54, 1.807) is 36.4 Å². The van der Waals surface area contributed by atoms with Gasteiger partial charge in [0.25, 0.3) is 10.0 Å². The van der Waals surface area contributed by atoms with Crippen LogP contribution in [0.5, 0.6) is 5.75 Å². The van der Waals surface area contributed by atoms with Crippen molar-refractivity contribution in [2.24, 2.45) is 0 Å². The highest BCUT2D eigenvalue weighted by Crippen LogP contribution is 2.26. The van der Waals surface area contributed by atoms with E-state index < -0.39 is 28.3 Å². The number of nitrogens with one attached hydrogen (secondary N) is 1. The van der Waals surface area contributed by atoms with Crippen LogP contribution in [-0.4, -0.2) is 34.2 Å². The molecule has 0 aliphatic rings. The molecule has 3 rings (SSSR count). The number of hydrogen-bond donors (Lipinski definition) is 1. The van der Waals surface area contributed by atoms with Gasteiger partial charge in [0.1, 0.15) is 18.1 Å². The van der Waals surface area contributed by atoms with Crippen LogP contribution in [0, 0.1) is 5.82 Å². The minimum Gasteiger partial charge on any atom is -0.497 e. The maximum absolute atomic E-state index is 13.8. The summed E-state index contributed by atoms with van der Waals surface area (Å²) in [6.45, 7) is -0.526. The molecule has 0 fully saturated rings. The van der Waals surface area contributed by atoms with Gasteiger partial charge in [-0.15, -0.1) is 11.8 Å². The molecule has 0 aromatic heterocycles. The Bertz CT molecular complexity index is 1150. The first-order valence-corrected chi connectivity index (χ1v) is 11.9. The molecule has 3 aromatic carbocycles. The fourth-order valence-electron chi connectivity index (χ4n) is 2.83. The number of nitrogens with zero attached hydrogens (tertiary/aromatic N) is 1. The first kappa shape index (κ1) is 22.6. The summed E-state index contributed by atoms with van der Waals surface area (Å²) in [5.41, 5.74) is 0.533. The number of sulfonamides is 1. The number of rotatable bonds is 8. The maximum atomic E-state index is 13.8. The van der Waals surface area contributed by atoms with Gasteiger partial charge in [-0.1, -0.05) is 6.07 Å². The molecule has 0 unspecified atom stereocenters. The lowest BCUT2D eigenvalue weighted by molar-refractivity contribution is -0.114. The Balaban J connectivity index is 1.91. The first-order valence-electron chi connectivity index (χ1n) is 9.20. The third kappa shape index (κ3) is 5.56. The van der Waals surface area contributed by atoms with Crippen LogP contribution in [0.1, 0.15) is 0 Å². The lowest BCUT2D eigenvalue weighted by atomic mass is 10.3. The molecule has 0 radical (unpaired) electrons. The third-order valence-electron chi connectivity index (χ3n) is 4.40. The summed E-state index contributed by atoms with van der Waals surface area (Å²) in [6.07, 6.45) is 1.88. The molecule has 31 heavy (non-hydrogen) atoms. The van der Waals surface area contributed by atoms with Gasteiger partial charge < -0.3 is 10.1 Å². The zero-order valence-electron chi connectivity index (χ0n) is 16.9. The molecule has 0 spiro atoms. The standard InChI is InChI=1S/C22H21FN2O4S2/c1-29-19-8-6-17(7-9-19)24-22(26)15-25(18-5-3-4-16(23)14-18)31(27,28)21-12-10-20(30-2)11-13-21/h3-14H,15H2,1-2H3,(H,24,26). The lowest BCUT2D eigenvalue weighted by Crippen LogP contribution is -2.38. The number of halogens is 1. The number of anilines is 2. The smallest absolute Gasteiger partial charge is 0.264 e. The van der Waals surface area contributed by atoms with Gasteiger partial charge in [-0.25, -0.2) is 12.8 Å². The average Bonchev–Trinajstić information content (AvgIpc) is 2.78. The molecule has 0 saturated heterocycles. The van der Waals surface area contributed by atoms with Crippen LogP contribution in [0.3, 0.4) is 0 Å². The van der Waals surface area contributed by atoms with Gasteiger partial charge in [-0.05, 0) is 73.0 Å². The highest BCUT2D eigenvalue weighted by atomic mass is 32.2. The van der Waals surface area contributed by atoms with Crippen molar-refractivity contribution in [1.82, 2.24) is 0 Å². The molecule has 0 aliphatic heterocycles. The third-order valence-corrected chi connectivity index (χ3v) is 6.94. The van der Waals surface area contributed by atoms with E-state index >= 15 is 0 Å². The molecule has 1 amide bonds. The summed E-state index contributed by atoms with van der Waals surface area (Å²) in [7, 11) is -2.59. The zero-order chi connectivity index (χ0) is 22.4. The summed E-state index contributed by atoms with van der Waals surface area (Å²) < 4.78 is 46.4. The largest absolute Gasteiger partial charge is 0.497 e. The Morgan fingerprint density at radius 2 is 1.74 bits per heavy atom. The van der Waals surface area contributed by atoms with Crippen molar-refractivity contribution in [3.05, 3.63) is 78.6 Å². The van der Waals surface area contributed by atoms with Gasteiger partial charge in [0.15, 0.2) is 0 Å². The van der Waals surface area contributed by atoms with Gasteiger partial charge in [-0.3, -0.25) is 9.10 Å². The summed E-state index contributed by atoms with van der Waals surface area (Å²) in [4.78, 5) is 13.6. The quantitative estimate of drug-likeness (QED) is 0.505. The maximum Gasteiger partial charge on any atom is 0.264 e. The Hall–Kier alpha value is -3.04. The number of amides is 1. The fraction of sp³-hybridized carbons (Fsp3) is 0.136. The van der Waals surface area contributed by atoms with Crippen LogP contribution < -0.4 is 14.4 Å². The van der Waals surface area contributed by atoms with E-state index in [4.69, 9.17) is 4.74 Å². The van der Waals surface area contributed by atoms with Gasteiger partial charge in [0.2, 0.25) is 5.91 Å². The van der Waals surface area contributed by atoms with Crippen LogP contribution in [0.15, 0.2) is 82.6 Å². The number of carbonyl (C=O) groups is 1. The molecule has 6 nitrogen and oxygen atoms in total. The second kappa shape index (κ2) is 9.84. The second-order valence-corrected chi connectivity index (χ2v) is 9.19. The minimum atomic E-state index is -4.12. The fourth-order valence-corrected chi connectivity index (χ4v) is 4.65. The molecule has 0 aliphatic carbocycles. The Kier molecular flexibility index (Phi) is 7.19. The minimum absolute atomic E-state index is 0.00630. The topological polar surface area (TPSA) is 75.7 Å². The first-order chi connectivity index (χ1) is 14.8. The zero-order valence-corrected chi connectivity index (χ0v) is 18.5. The predicted molar refractivity (Wildman–Crippen MR) is 121 cm³/mol. The van der Waals surface area contributed by atoms with E-state index in [0.29, 0.717) is 11.4 Å². The molecule has 0 bridgehead atoms. The van der Waals surface area contributed by atoms with Gasteiger partial charge in [0.05, 0.1) is 17.7 Å². The number of hydrogen-bond acceptors (Lipinski definition) is 5. The van der Waals surface area contributed by atoms with Gasteiger partial charge >= 0.3 is 0 Å². The van der Waals surface area contributed by atoms with Crippen molar-refractivity contribution < 1.29 is 22.3 Å². The van der Waals surface area contributed by atoms with E-state index in [2.05, 4.69) is 5.32 Å². The SMILES string of the molecule is COc1ccc(NC(=O)CN(c2cccc(F)c2)S(=O)(=O)c2ccc(SC)cc2)cc1. The summed E-state index contributed by atoms with van der Waals surface area (Å²) in [5, 5.41) is 2.65. The van der Waals surface area contributed by atoms with Crippen molar-refractivity contribution in [3.63, 3.8) is 0 Å². The summed E-state index contributed by atoms with van der Waals surface area (Å²) >= 11 is 1.48. The van der Waals surface area contributed by atoms with Crippen molar-refractivity contribution >= 4 is 39.1 Å². The van der Waals surface area contributed by atoms with Gasteiger partial charge in [-0.2, -0.15) is 0 Å². The van der Waals surface area contributed by atoms with E-state index in [1.807, 2.05) is 6.26 Å². The molecule has 3 aromatic rings. The second-order valence-electron chi connectivity index (χ2n) is 6.44. The molecule has 162 valence electrons. The number of thioether (sulfide) groups is 1. The van der Waals surface area contributed by atoms with E-state index in [0.717, 1.165) is 15.3 Å². The van der Waals surface area contributed by atoms with Crippen molar-refractivity contribution in [2.45, 2.75) is 9.79 Å². The number of benzene rings is 3. The monoisotopic (exact) mass is 460 g/mol.